The summed E-state index contributed by atoms with van der Waals surface area (Å²) in [6.07, 6.45) is 0. The standard InChI is InChI=1S/C21H23N/c1-14-10-17(13-18(11-14)21(3,4)5)20-15(2)12-16-8-6-7-9-19(16)22-20/h6-13H,1-5H3. The molecule has 1 heterocycles. The van der Waals surface area contributed by atoms with Crippen molar-refractivity contribution in [2.24, 2.45) is 0 Å². The van der Waals surface area contributed by atoms with Gasteiger partial charge in [0.15, 0.2) is 0 Å². The third-order valence-electron chi connectivity index (χ3n) is 4.13. The molecular formula is C21H23N. The maximum Gasteiger partial charge on any atom is 0.0739 e. The van der Waals surface area contributed by atoms with Crippen LogP contribution in [0.2, 0.25) is 0 Å². The second-order valence-corrected chi connectivity index (χ2v) is 7.18. The molecule has 0 amide bonds. The Labute approximate surface area is 133 Å². The number of fused-ring (bicyclic) bond motifs is 1. The summed E-state index contributed by atoms with van der Waals surface area (Å²) in [6.45, 7) is 11.1. The van der Waals surface area contributed by atoms with Crippen molar-refractivity contribution in [1.82, 2.24) is 4.98 Å². The van der Waals surface area contributed by atoms with Crippen molar-refractivity contribution in [3.05, 3.63) is 65.2 Å². The highest BCUT2D eigenvalue weighted by Gasteiger charge is 2.16. The van der Waals surface area contributed by atoms with Gasteiger partial charge in [-0.05, 0) is 54.7 Å². The number of pyridine rings is 1. The highest BCUT2D eigenvalue weighted by Crippen LogP contribution is 2.31. The van der Waals surface area contributed by atoms with E-state index in [0.717, 1.165) is 11.2 Å². The van der Waals surface area contributed by atoms with Crippen molar-refractivity contribution in [2.75, 3.05) is 0 Å². The SMILES string of the molecule is Cc1cc(-c2nc3ccccc3cc2C)cc(C(C)(C)C)c1. The number of hydrogen-bond donors (Lipinski definition) is 0. The van der Waals surface area contributed by atoms with E-state index in [-0.39, 0.29) is 5.41 Å². The largest absolute Gasteiger partial charge is 0.248 e. The molecule has 0 spiro atoms. The molecule has 1 nitrogen and oxygen atoms in total. The molecule has 0 atom stereocenters. The van der Waals surface area contributed by atoms with Gasteiger partial charge in [0.05, 0.1) is 11.2 Å². The van der Waals surface area contributed by atoms with Gasteiger partial charge < -0.3 is 0 Å². The number of aromatic nitrogens is 1. The van der Waals surface area contributed by atoms with Crippen molar-refractivity contribution in [3.63, 3.8) is 0 Å². The lowest BCUT2D eigenvalue weighted by Crippen LogP contribution is -2.11. The van der Waals surface area contributed by atoms with Crippen molar-refractivity contribution in [1.29, 1.82) is 0 Å². The molecule has 0 saturated heterocycles. The summed E-state index contributed by atoms with van der Waals surface area (Å²) >= 11 is 0. The summed E-state index contributed by atoms with van der Waals surface area (Å²) in [4.78, 5) is 4.91. The fourth-order valence-electron chi connectivity index (χ4n) is 2.87. The molecule has 112 valence electrons. The Hall–Kier alpha value is -2.15. The fourth-order valence-corrected chi connectivity index (χ4v) is 2.87. The van der Waals surface area contributed by atoms with Gasteiger partial charge in [0.2, 0.25) is 0 Å². The Morgan fingerprint density at radius 3 is 2.32 bits per heavy atom. The van der Waals surface area contributed by atoms with Gasteiger partial charge in [0.1, 0.15) is 0 Å². The van der Waals surface area contributed by atoms with Gasteiger partial charge in [-0.3, -0.25) is 0 Å². The number of hydrogen-bond acceptors (Lipinski definition) is 1. The molecule has 22 heavy (non-hydrogen) atoms. The predicted octanol–water partition coefficient (Wildman–Crippen LogP) is 5.82. The zero-order chi connectivity index (χ0) is 15.9. The van der Waals surface area contributed by atoms with Crippen LogP contribution in [0.4, 0.5) is 0 Å². The van der Waals surface area contributed by atoms with Crippen LogP contribution in [0.15, 0.2) is 48.5 Å². The van der Waals surface area contributed by atoms with Crippen LogP contribution in [0, 0.1) is 13.8 Å². The van der Waals surface area contributed by atoms with E-state index in [1.807, 2.05) is 6.07 Å². The molecule has 0 radical (unpaired) electrons. The van der Waals surface area contributed by atoms with Crippen molar-refractivity contribution < 1.29 is 0 Å². The summed E-state index contributed by atoms with van der Waals surface area (Å²) < 4.78 is 0. The first-order valence-corrected chi connectivity index (χ1v) is 7.83. The lowest BCUT2D eigenvalue weighted by Gasteiger charge is -2.21. The van der Waals surface area contributed by atoms with Crippen LogP contribution in [-0.2, 0) is 5.41 Å². The molecule has 0 unspecified atom stereocenters. The smallest absolute Gasteiger partial charge is 0.0739 e. The van der Waals surface area contributed by atoms with Crippen molar-refractivity contribution >= 4 is 10.9 Å². The zero-order valence-electron chi connectivity index (χ0n) is 14.1. The van der Waals surface area contributed by atoms with Gasteiger partial charge in [0, 0.05) is 10.9 Å². The molecule has 0 fully saturated rings. The minimum atomic E-state index is 0.144. The summed E-state index contributed by atoms with van der Waals surface area (Å²) in [5.41, 5.74) is 7.38. The maximum absolute atomic E-state index is 4.91. The molecule has 1 aromatic heterocycles. The quantitative estimate of drug-likeness (QED) is 0.550. The van der Waals surface area contributed by atoms with Gasteiger partial charge in [-0.1, -0.05) is 50.6 Å². The van der Waals surface area contributed by atoms with E-state index in [1.54, 1.807) is 0 Å². The molecule has 0 saturated carbocycles. The Morgan fingerprint density at radius 2 is 1.59 bits per heavy atom. The van der Waals surface area contributed by atoms with Crippen molar-refractivity contribution in [2.45, 2.75) is 40.0 Å². The Balaban J connectivity index is 2.23. The molecule has 0 aliphatic carbocycles. The molecule has 2 aromatic carbocycles. The molecule has 0 bridgehead atoms. The fraction of sp³-hybridized carbons (Fsp3) is 0.286. The third-order valence-corrected chi connectivity index (χ3v) is 4.13. The van der Waals surface area contributed by atoms with Gasteiger partial charge in [-0.2, -0.15) is 0 Å². The first-order valence-electron chi connectivity index (χ1n) is 7.83. The zero-order valence-corrected chi connectivity index (χ0v) is 14.1. The van der Waals surface area contributed by atoms with E-state index < -0.39 is 0 Å². The van der Waals surface area contributed by atoms with Crippen LogP contribution >= 0.6 is 0 Å². The summed E-state index contributed by atoms with van der Waals surface area (Å²) in [5, 5.41) is 1.20. The predicted molar refractivity (Wildman–Crippen MR) is 95.4 cm³/mol. The number of para-hydroxylation sites is 1. The van der Waals surface area contributed by atoms with Gasteiger partial charge in [-0.15, -0.1) is 0 Å². The number of nitrogens with zero attached hydrogens (tertiary/aromatic N) is 1. The molecular weight excluding hydrogens is 266 g/mol. The number of rotatable bonds is 1. The lowest BCUT2D eigenvalue weighted by molar-refractivity contribution is 0.590. The molecule has 3 rings (SSSR count). The topological polar surface area (TPSA) is 12.9 Å². The van der Waals surface area contributed by atoms with Gasteiger partial charge in [0.25, 0.3) is 0 Å². The normalized spacial score (nSPS) is 11.9. The average Bonchev–Trinajstić information content (AvgIpc) is 2.45. The average molecular weight is 289 g/mol. The maximum atomic E-state index is 4.91. The van der Waals surface area contributed by atoms with Crippen LogP contribution in [0.1, 0.15) is 37.5 Å². The van der Waals surface area contributed by atoms with Crippen LogP contribution in [0.3, 0.4) is 0 Å². The van der Waals surface area contributed by atoms with E-state index in [9.17, 15) is 0 Å². The Morgan fingerprint density at radius 1 is 0.864 bits per heavy atom. The monoisotopic (exact) mass is 289 g/mol. The third kappa shape index (κ3) is 2.76. The van der Waals surface area contributed by atoms with E-state index in [0.29, 0.717) is 0 Å². The van der Waals surface area contributed by atoms with Crippen LogP contribution in [-0.4, -0.2) is 4.98 Å². The van der Waals surface area contributed by atoms with Crippen LogP contribution < -0.4 is 0 Å². The van der Waals surface area contributed by atoms with Crippen LogP contribution in [0.25, 0.3) is 22.2 Å². The second kappa shape index (κ2) is 5.24. The van der Waals surface area contributed by atoms with Gasteiger partial charge >= 0.3 is 0 Å². The van der Waals surface area contributed by atoms with E-state index >= 15 is 0 Å². The number of aryl methyl sites for hydroxylation is 2. The first-order chi connectivity index (χ1) is 10.3. The second-order valence-electron chi connectivity index (χ2n) is 7.18. The van der Waals surface area contributed by atoms with Crippen molar-refractivity contribution in [3.8, 4) is 11.3 Å². The minimum absolute atomic E-state index is 0.144. The highest BCUT2D eigenvalue weighted by atomic mass is 14.7. The summed E-state index contributed by atoms with van der Waals surface area (Å²) in [7, 11) is 0. The summed E-state index contributed by atoms with van der Waals surface area (Å²) in [6, 6.07) is 17.3. The lowest BCUT2D eigenvalue weighted by atomic mass is 9.84. The first kappa shape index (κ1) is 14.8. The van der Waals surface area contributed by atoms with E-state index in [2.05, 4.69) is 77.1 Å². The Bertz CT molecular complexity index is 838. The van der Waals surface area contributed by atoms with E-state index in [1.165, 1.54) is 27.6 Å². The molecule has 0 aliphatic heterocycles. The highest BCUT2D eigenvalue weighted by molar-refractivity contribution is 5.83. The summed E-state index contributed by atoms with van der Waals surface area (Å²) in [5.74, 6) is 0. The molecule has 1 heteroatoms. The van der Waals surface area contributed by atoms with E-state index in [4.69, 9.17) is 4.98 Å². The number of benzene rings is 2. The van der Waals surface area contributed by atoms with Crippen LogP contribution in [0.5, 0.6) is 0 Å². The molecule has 0 aliphatic rings. The molecule has 3 aromatic rings. The molecule has 0 N–H and O–H groups in total. The van der Waals surface area contributed by atoms with Gasteiger partial charge in [-0.25, -0.2) is 4.98 Å². The minimum Gasteiger partial charge on any atom is -0.248 e. The Kier molecular flexibility index (Phi) is 3.52.